The van der Waals surface area contributed by atoms with Crippen molar-refractivity contribution in [3.63, 3.8) is 0 Å². The molecule has 1 aliphatic rings. The van der Waals surface area contributed by atoms with Gasteiger partial charge in [-0.2, -0.15) is 13.2 Å². The van der Waals surface area contributed by atoms with Gasteiger partial charge in [0.05, 0.1) is 5.56 Å². The van der Waals surface area contributed by atoms with Crippen LogP contribution in [0.15, 0.2) is 18.2 Å². The highest BCUT2D eigenvalue weighted by Gasteiger charge is 2.32. The summed E-state index contributed by atoms with van der Waals surface area (Å²) in [5.41, 5.74) is 5.73. The van der Waals surface area contributed by atoms with Gasteiger partial charge in [0.2, 0.25) is 0 Å². The number of anilines is 2. The van der Waals surface area contributed by atoms with E-state index in [1.54, 1.807) is 6.07 Å². The lowest BCUT2D eigenvalue weighted by molar-refractivity contribution is -0.137. The second-order valence-corrected chi connectivity index (χ2v) is 5.06. The Morgan fingerprint density at radius 2 is 2.00 bits per heavy atom. The predicted molar refractivity (Wildman–Crippen MR) is 71.1 cm³/mol. The van der Waals surface area contributed by atoms with Gasteiger partial charge in [-0.05, 0) is 43.9 Å². The maximum Gasteiger partial charge on any atom is 0.416 e. The van der Waals surface area contributed by atoms with Gasteiger partial charge < -0.3 is 10.6 Å². The second-order valence-electron chi connectivity index (χ2n) is 5.06. The summed E-state index contributed by atoms with van der Waals surface area (Å²) in [7, 11) is 0. The molecule has 0 spiro atoms. The van der Waals surface area contributed by atoms with Gasteiger partial charge in [0.15, 0.2) is 0 Å². The van der Waals surface area contributed by atoms with E-state index in [0.29, 0.717) is 11.7 Å². The number of nitrogens with two attached hydrogens (primary N) is 1. The first kappa shape index (κ1) is 14.0. The van der Waals surface area contributed by atoms with Crippen molar-refractivity contribution in [2.45, 2.75) is 44.8 Å². The summed E-state index contributed by atoms with van der Waals surface area (Å²) in [6.45, 7) is 2.87. The van der Waals surface area contributed by atoms with E-state index in [9.17, 15) is 13.2 Å². The molecule has 106 valence electrons. The van der Waals surface area contributed by atoms with Crippen LogP contribution in [0.25, 0.3) is 0 Å². The second kappa shape index (κ2) is 5.31. The molecule has 1 atom stereocenters. The molecule has 1 aliphatic heterocycles. The lowest BCUT2D eigenvalue weighted by Crippen LogP contribution is -2.39. The topological polar surface area (TPSA) is 29.3 Å². The van der Waals surface area contributed by atoms with Crippen LogP contribution >= 0.6 is 0 Å². The molecule has 1 unspecified atom stereocenters. The summed E-state index contributed by atoms with van der Waals surface area (Å²) in [5.74, 6) is 0. The smallest absolute Gasteiger partial charge is 0.399 e. The van der Waals surface area contributed by atoms with Crippen molar-refractivity contribution in [1.29, 1.82) is 0 Å². The SMILES string of the molecule is CCC1CCCCN1c1cc(N)cc(C(F)(F)F)c1. The normalized spacial score (nSPS) is 20.6. The number of hydrogen-bond donors (Lipinski definition) is 1. The zero-order valence-corrected chi connectivity index (χ0v) is 11.0. The lowest BCUT2D eigenvalue weighted by Gasteiger charge is -2.37. The Morgan fingerprint density at radius 3 is 2.63 bits per heavy atom. The van der Waals surface area contributed by atoms with E-state index in [4.69, 9.17) is 5.73 Å². The number of benzene rings is 1. The molecule has 0 saturated carbocycles. The average molecular weight is 272 g/mol. The molecule has 1 aromatic rings. The summed E-state index contributed by atoms with van der Waals surface area (Å²) < 4.78 is 38.5. The highest BCUT2D eigenvalue weighted by Crippen LogP contribution is 2.35. The number of nitrogen functional groups attached to an aromatic ring is 1. The van der Waals surface area contributed by atoms with Crippen LogP contribution in [0.2, 0.25) is 0 Å². The molecule has 0 radical (unpaired) electrons. The van der Waals surface area contributed by atoms with Gasteiger partial charge in [0.25, 0.3) is 0 Å². The Labute approximate surface area is 111 Å². The zero-order valence-electron chi connectivity index (χ0n) is 11.0. The monoisotopic (exact) mass is 272 g/mol. The Bertz CT molecular complexity index is 443. The maximum absolute atomic E-state index is 12.8. The molecule has 1 aromatic carbocycles. The molecule has 1 saturated heterocycles. The van der Waals surface area contributed by atoms with Gasteiger partial charge in [-0.25, -0.2) is 0 Å². The van der Waals surface area contributed by atoms with Crippen LogP contribution in [0.1, 0.15) is 38.2 Å². The summed E-state index contributed by atoms with van der Waals surface area (Å²) in [5, 5.41) is 0. The van der Waals surface area contributed by atoms with E-state index in [2.05, 4.69) is 11.8 Å². The van der Waals surface area contributed by atoms with Crippen LogP contribution in [0.3, 0.4) is 0 Å². The van der Waals surface area contributed by atoms with Gasteiger partial charge in [-0.3, -0.25) is 0 Å². The van der Waals surface area contributed by atoms with Crippen LogP contribution in [-0.4, -0.2) is 12.6 Å². The van der Waals surface area contributed by atoms with Crippen LogP contribution in [0, 0.1) is 0 Å². The van der Waals surface area contributed by atoms with Gasteiger partial charge in [-0.1, -0.05) is 6.92 Å². The van der Waals surface area contributed by atoms with Crippen LogP contribution in [0.4, 0.5) is 24.5 Å². The number of piperidine rings is 1. The number of rotatable bonds is 2. The van der Waals surface area contributed by atoms with E-state index in [0.717, 1.165) is 38.3 Å². The highest BCUT2D eigenvalue weighted by molar-refractivity contribution is 5.59. The number of hydrogen-bond acceptors (Lipinski definition) is 2. The summed E-state index contributed by atoms with van der Waals surface area (Å²) in [6, 6.07) is 4.17. The number of alkyl halides is 3. The third-order valence-corrected chi connectivity index (χ3v) is 3.70. The molecule has 0 amide bonds. The van der Waals surface area contributed by atoms with Crippen LogP contribution < -0.4 is 10.6 Å². The first-order valence-electron chi connectivity index (χ1n) is 6.66. The largest absolute Gasteiger partial charge is 0.416 e. The van der Waals surface area contributed by atoms with Crippen molar-refractivity contribution in [2.75, 3.05) is 17.2 Å². The molecule has 0 aromatic heterocycles. The minimum absolute atomic E-state index is 0.172. The first-order valence-corrected chi connectivity index (χ1v) is 6.66. The minimum Gasteiger partial charge on any atom is -0.399 e. The van der Waals surface area contributed by atoms with Gasteiger partial charge in [0, 0.05) is 24.0 Å². The van der Waals surface area contributed by atoms with Crippen LogP contribution in [-0.2, 0) is 6.18 Å². The van der Waals surface area contributed by atoms with E-state index >= 15 is 0 Å². The maximum atomic E-state index is 12.8. The first-order chi connectivity index (χ1) is 8.91. The Morgan fingerprint density at radius 1 is 1.26 bits per heavy atom. The Kier molecular flexibility index (Phi) is 3.92. The van der Waals surface area contributed by atoms with Gasteiger partial charge >= 0.3 is 6.18 Å². The third kappa shape index (κ3) is 3.14. The van der Waals surface area contributed by atoms with Crippen molar-refractivity contribution in [3.8, 4) is 0 Å². The molecule has 1 fully saturated rings. The van der Waals surface area contributed by atoms with E-state index < -0.39 is 11.7 Å². The standard InChI is InChI=1S/C14H19F3N2/c1-2-12-5-3-4-6-19(12)13-8-10(14(15,16)17)7-11(18)9-13/h7-9,12H,2-6,18H2,1H3. The summed E-state index contributed by atoms with van der Waals surface area (Å²) in [6.07, 6.45) is -0.208. The van der Waals surface area contributed by atoms with E-state index in [1.807, 2.05) is 0 Å². The van der Waals surface area contributed by atoms with Crippen molar-refractivity contribution in [1.82, 2.24) is 0 Å². The Balaban J connectivity index is 2.35. The number of nitrogens with zero attached hydrogens (tertiary/aromatic N) is 1. The molecule has 2 nitrogen and oxygen atoms in total. The van der Waals surface area contributed by atoms with Gasteiger partial charge in [-0.15, -0.1) is 0 Å². The fourth-order valence-corrected chi connectivity index (χ4v) is 2.73. The molecule has 0 bridgehead atoms. The average Bonchev–Trinajstić information content (AvgIpc) is 2.37. The van der Waals surface area contributed by atoms with E-state index in [-0.39, 0.29) is 5.69 Å². The Hall–Kier alpha value is -1.39. The lowest BCUT2D eigenvalue weighted by atomic mass is 9.98. The minimum atomic E-state index is -4.35. The molecule has 5 heteroatoms. The third-order valence-electron chi connectivity index (χ3n) is 3.70. The zero-order chi connectivity index (χ0) is 14.0. The van der Waals surface area contributed by atoms with Crippen molar-refractivity contribution in [2.24, 2.45) is 0 Å². The van der Waals surface area contributed by atoms with E-state index in [1.165, 1.54) is 6.07 Å². The fourth-order valence-electron chi connectivity index (χ4n) is 2.73. The molecule has 2 N–H and O–H groups in total. The van der Waals surface area contributed by atoms with Crippen molar-refractivity contribution in [3.05, 3.63) is 23.8 Å². The predicted octanol–water partition coefficient (Wildman–Crippen LogP) is 4.06. The van der Waals surface area contributed by atoms with Gasteiger partial charge in [0.1, 0.15) is 0 Å². The molecular formula is C14H19F3N2. The van der Waals surface area contributed by atoms with Crippen molar-refractivity contribution < 1.29 is 13.2 Å². The molecular weight excluding hydrogens is 253 g/mol. The number of halogens is 3. The van der Waals surface area contributed by atoms with Crippen molar-refractivity contribution >= 4 is 11.4 Å². The quantitative estimate of drug-likeness (QED) is 0.823. The fraction of sp³-hybridized carbons (Fsp3) is 0.571. The summed E-state index contributed by atoms with van der Waals surface area (Å²) in [4.78, 5) is 2.06. The molecule has 1 heterocycles. The highest BCUT2D eigenvalue weighted by atomic mass is 19.4. The molecule has 2 rings (SSSR count). The summed E-state index contributed by atoms with van der Waals surface area (Å²) >= 11 is 0. The molecule has 0 aliphatic carbocycles. The van der Waals surface area contributed by atoms with Crippen LogP contribution in [0.5, 0.6) is 0 Å². The molecule has 19 heavy (non-hydrogen) atoms.